The van der Waals surface area contributed by atoms with Crippen LogP contribution in [0.4, 0.5) is 17.1 Å². The second-order valence-corrected chi connectivity index (χ2v) is 7.84. The van der Waals surface area contributed by atoms with Gasteiger partial charge >= 0.3 is 11.8 Å². The molecule has 2 aromatic rings. The van der Waals surface area contributed by atoms with Gasteiger partial charge < -0.3 is 20.4 Å². The van der Waals surface area contributed by atoms with E-state index in [1.807, 2.05) is 31.1 Å². The first-order valence-corrected chi connectivity index (χ1v) is 10.3. The molecule has 164 valence electrons. The zero-order valence-electron chi connectivity index (χ0n) is 17.8. The van der Waals surface area contributed by atoms with Crippen molar-refractivity contribution in [1.29, 1.82) is 0 Å². The maximum atomic E-state index is 12.4. The molecule has 1 heterocycles. The molecule has 0 unspecified atom stereocenters. The van der Waals surface area contributed by atoms with Crippen LogP contribution in [0.1, 0.15) is 24.4 Å². The maximum Gasteiger partial charge on any atom is 0.313 e. The quantitative estimate of drug-likeness (QED) is 0.349. The van der Waals surface area contributed by atoms with Crippen LogP contribution in [-0.2, 0) is 9.59 Å². The number of quaternary nitrogens is 1. The van der Waals surface area contributed by atoms with E-state index in [9.17, 15) is 19.7 Å². The number of benzene rings is 2. The molecule has 1 aliphatic heterocycles. The van der Waals surface area contributed by atoms with Gasteiger partial charge in [-0.15, -0.1) is 0 Å². The number of likely N-dealkylation sites (tertiary alicyclic amines) is 1. The van der Waals surface area contributed by atoms with Crippen molar-refractivity contribution in [3.63, 3.8) is 0 Å². The lowest BCUT2D eigenvalue weighted by molar-refractivity contribution is -0.918. The number of nitrogens with one attached hydrogen (secondary N) is 3. The molecular weight excluding hydrogens is 398 g/mol. The third kappa shape index (κ3) is 5.58. The fraction of sp³-hybridized carbons (Fsp3) is 0.364. The van der Waals surface area contributed by atoms with Crippen molar-refractivity contribution in [2.45, 2.75) is 18.9 Å². The highest BCUT2D eigenvalue weighted by atomic mass is 16.6. The zero-order chi connectivity index (χ0) is 22.4. The summed E-state index contributed by atoms with van der Waals surface area (Å²) in [6, 6.07) is 14.0. The average Bonchev–Trinajstić information content (AvgIpc) is 3.29. The summed E-state index contributed by atoms with van der Waals surface area (Å²) >= 11 is 0. The molecule has 0 spiro atoms. The molecule has 0 radical (unpaired) electrons. The minimum absolute atomic E-state index is 0.00589. The molecule has 1 aliphatic rings. The van der Waals surface area contributed by atoms with Crippen LogP contribution in [0.5, 0.6) is 0 Å². The first-order chi connectivity index (χ1) is 14.9. The van der Waals surface area contributed by atoms with Gasteiger partial charge in [-0.2, -0.15) is 0 Å². The van der Waals surface area contributed by atoms with Crippen LogP contribution >= 0.6 is 0 Å². The smallest absolute Gasteiger partial charge is 0.313 e. The van der Waals surface area contributed by atoms with Crippen LogP contribution in [0, 0.1) is 10.1 Å². The number of carbonyl (C=O) groups excluding carboxylic acids is 2. The predicted molar refractivity (Wildman–Crippen MR) is 118 cm³/mol. The molecule has 2 aromatic carbocycles. The zero-order valence-corrected chi connectivity index (χ0v) is 17.8. The van der Waals surface area contributed by atoms with Crippen molar-refractivity contribution in [2.75, 3.05) is 43.9 Å². The summed E-state index contributed by atoms with van der Waals surface area (Å²) in [6.45, 7) is 2.33. The molecule has 9 nitrogen and oxygen atoms in total. The van der Waals surface area contributed by atoms with Crippen LogP contribution in [-0.4, -0.2) is 50.5 Å². The fourth-order valence-electron chi connectivity index (χ4n) is 3.87. The highest BCUT2D eigenvalue weighted by molar-refractivity contribution is 6.39. The average molecular weight is 426 g/mol. The standard InChI is InChI=1S/C22H27N5O4/c1-25(2)17-11-9-16(10-12-17)20(26-13-5-6-14-26)15-23-21(28)22(29)24-18-7-3-4-8-19(18)27(30)31/h3-4,7-12,20H,5-6,13-15H2,1-2H3,(H,23,28)(H,24,29)/p+1/t20-/m0/s1. The molecule has 0 saturated carbocycles. The van der Waals surface area contributed by atoms with Crippen molar-refractivity contribution in [3.8, 4) is 0 Å². The van der Waals surface area contributed by atoms with Crippen molar-refractivity contribution in [3.05, 3.63) is 64.2 Å². The number of nitro groups is 1. The van der Waals surface area contributed by atoms with E-state index in [-0.39, 0.29) is 17.4 Å². The Morgan fingerprint density at radius 3 is 2.32 bits per heavy atom. The van der Waals surface area contributed by atoms with Crippen LogP contribution in [0.3, 0.4) is 0 Å². The van der Waals surface area contributed by atoms with Gasteiger partial charge in [-0.3, -0.25) is 19.7 Å². The molecule has 1 saturated heterocycles. The first-order valence-electron chi connectivity index (χ1n) is 10.3. The van der Waals surface area contributed by atoms with E-state index in [0.29, 0.717) is 6.54 Å². The summed E-state index contributed by atoms with van der Waals surface area (Å²) in [5.41, 5.74) is 1.92. The van der Waals surface area contributed by atoms with Gasteiger partial charge in [-0.25, -0.2) is 0 Å². The summed E-state index contributed by atoms with van der Waals surface area (Å²) in [4.78, 5) is 38.6. The minimum Gasteiger partial charge on any atom is -0.378 e. The van der Waals surface area contributed by atoms with Crippen LogP contribution < -0.4 is 20.4 Å². The summed E-state index contributed by atoms with van der Waals surface area (Å²) in [5, 5.41) is 16.2. The number of hydrogen-bond acceptors (Lipinski definition) is 5. The maximum absolute atomic E-state index is 12.4. The summed E-state index contributed by atoms with van der Waals surface area (Å²) in [6.07, 6.45) is 2.27. The van der Waals surface area contributed by atoms with Gasteiger partial charge in [0, 0.05) is 44.3 Å². The van der Waals surface area contributed by atoms with Gasteiger partial charge in [0.15, 0.2) is 0 Å². The largest absolute Gasteiger partial charge is 0.378 e. The van der Waals surface area contributed by atoms with Gasteiger partial charge in [-0.05, 0) is 18.2 Å². The molecule has 1 fully saturated rings. The Bertz CT molecular complexity index is 939. The second kappa shape index (κ2) is 10.0. The van der Waals surface area contributed by atoms with Crippen molar-refractivity contribution < 1.29 is 19.4 Å². The Kier molecular flexibility index (Phi) is 7.19. The number of rotatable bonds is 7. The highest BCUT2D eigenvalue weighted by Crippen LogP contribution is 2.23. The van der Waals surface area contributed by atoms with E-state index in [4.69, 9.17) is 0 Å². The first kappa shape index (κ1) is 22.2. The number of nitrogens with zero attached hydrogens (tertiary/aromatic N) is 2. The Morgan fingerprint density at radius 2 is 1.71 bits per heavy atom. The van der Waals surface area contributed by atoms with Crippen molar-refractivity contribution in [2.24, 2.45) is 0 Å². The molecule has 3 N–H and O–H groups in total. The molecule has 2 amide bonds. The summed E-state index contributed by atoms with van der Waals surface area (Å²) in [7, 11) is 3.96. The predicted octanol–water partition coefficient (Wildman–Crippen LogP) is 1.14. The minimum atomic E-state index is -0.924. The van der Waals surface area contributed by atoms with E-state index in [2.05, 4.69) is 22.8 Å². The molecule has 0 aromatic heterocycles. The second-order valence-electron chi connectivity index (χ2n) is 7.84. The van der Waals surface area contributed by atoms with E-state index in [1.54, 1.807) is 6.07 Å². The molecule has 9 heteroatoms. The Balaban J connectivity index is 1.67. The molecule has 0 aliphatic carbocycles. The third-order valence-corrected chi connectivity index (χ3v) is 5.57. The fourth-order valence-corrected chi connectivity index (χ4v) is 3.87. The van der Waals surface area contributed by atoms with Gasteiger partial charge in [0.1, 0.15) is 11.7 Å². The van der Waals surface area contributed by atoms with Gasteiger partial charge in [0.05, 0.1) is 24.6 Å². The summed E-state index contributed by atoms with van der Waals surface area (Å²) in [5.74, 6) is -1.74. The monoisotopic (exact) mass is 426 g/mol. The van der Waals surface area contributed by atoms with Crippen LogP contribution in [0.15, 0.2) is 48.5 Å². The van der Waals surface area contributed by atoms with Crippen LogP contribution in [0.25, 0.3) is 0 Å². The van der Waals surface area contributed by atoms with Gasteiger partial charge in [0.2, 0.25) is 0 Å². The molecule has 31 heavy (non-hydrogen) atoms. The lowest BCUT2D eigenvalue weighted by Gasteiger charge is -2.25. The third-order valence-electron chi connectivity index (χ3n) is 5.57. The number of nitro benzene ring substituents is 1. The SMILES string of the molecule is CN(C)c1ccc([C@H](CNC(=O)C(=O)Nc2ccccc2[N+](=O)[O-])[NH+]2CCCC2)cc1. The molecule has 0 bridgehead atoms. The van der Waals surface area contributed by atoms with E-state index in [0.717, 1.165) is 37.2 Å². The molecular formula is C22H28N5O4+. The lowest BCUT2D eigenvalue weighted by Crippen LogP contribution is -3.11. The summed E-state index contributed by atoms with van der Waals surface area (Å²) < 4.78 is 0. The van der Waals surface area contributed by atoms with E-state index >= 15 is 0 Å². The van der Waals surface area contributed by atoms with E-state index in [1.165, 1.54) is 23.1 Å². The normalized spacial score (nSPS) is 14.6. The number of para-hydroxylation sites is 2. The number of anilines is 2. The highest BCUT2D eigenvalue weighted by Gasteiger charge is 2.29. The van der Waals surface area contributed by atoms with Gasteiger partial charge in [-0.1, -0.05) is 24.3 Å². The Morgan fingerprint density at radius 1 is 1.06 bits per heavy atom. The lowest BCUT2D eigenvalue weighted by atomic mass is 10.0. The van der Waals surface area contributed by atoms with E-state index < -0.39 is 16.7 Å². The Hall–Kier alpha value is -3.46. The topological polar surface area (TPSA) is 109 Å². The number of amides is 2. The van der Waals surface area contributed by atoms with Gasteiger partial charge in [0.25, 0.3) is 5.69 Å². The molecule has 1 atom stereocenters. The van der Waals surface area contributed by atoms with Crippen molar-refractivity contribution in [1.82, 2.24) is 5.32 Å². The van der Waals surface area contributed by atoms with Crippen LogP contribution in [0.2, 0.25) is 0 Å². The Labute approximate surface area is 181 Å². The number of hydrogen-bond donors (Lipinski definition) is 3. The van der Waals surface area contributed by atoms with Crippen molar-refractivity contribution >= 4 is 28.9 Å². The molecule has 3 rings (SSSR count). The number of carbonyl (C=O) groups is 2.